The summed E-state index contributed by atoms with van der Waals surface area (Å²) in [6.45, 7) is 1.19. The summed E-state index contributed by atoms with van der Waals surface area (Å²) in [5, 5.41) is 5.94. The van der Waals surface area contributed by atoms with Gasteiger partial charge in [0.2, 0.25) is 15.9 Å². The lowest BCUT2D eigenvalue weighted by Gasteiger charge is -2.11. The first-order chi connectivity index (χ1) is 9.53. The first kappa shape index (κ1) is 17.9. The number of nitrogens with one attached hydrogen (secondary N) is 3. The first-order valence-corrected chi connectivity index (χ1v) is 8.05. The van der Waals surface area contributed by atoms with E-state index in [0.717, 1.165) is 24.9 Å². The van der Waals surface area contributed by atoms with Gasteiger partial charge in [-0.2, -0.15) is 0 Å². The molecular weight excluding hydrogens is 314 g/mol. The molecule has 0 radical (unpaired) electrons. The molecule has 0 bridgehead atoms. The van der Waals surface area contributed by atoms with Crippen molar-refractivity contribution in [3.05, 3.63) is 29.8 Å². The predicted molar refractivity (Wildman–Crippen MR) is 82.8 cm³/mol. The average molecular weight is 334 g/mol. The largest absolute Gasteiger partial charge is 0.351 e. The van der Waals surface area contributed by atoms with E-state index in [1.807, 2.05) is 0 Å². The molecule has 3 N–H and O–H groups in total. The second kappa shape index (κ2) is 7.74. The van der Waals surface area contributed by atoms with Gasteiger partial charge in [-0.25, -0.2) is 13.1 Å². The Hall–Kier alpha value is -1.15. The Morgan fingerprint density at radius 2 is 2.19 bits per heavy atom. The van der Waals surface area contributed by atoms with E-state index in [1.165, 1.54) is 13.1 Å². The Morgan fingerprint density at radius 3 is 2.81 bits per heavy atom. The number of carbonyl (C=O) groups is 1. The Kier molecular flexibility index (Phi) is 6.60. The normalized spacial score (nSPS) is 18.0. The number of halogens is 1. The summed E-state index contributed by atoms with van der Waals surface area (Å²) in [6.07, 6.45) is 1.86. The summed E-state index contributed by atoms with van der Waals surface area (Å²) in [4.78, 5) is 12.1. The van der Waals surface area contributed by atoms with E-state index in [9.17, 15) is 13.2 Å². The van der Waals surface area contributed by atoms with Crippen molar-refractivity contribution in [3.63, 3.8) is 0 Å². The lowest BCUT2D eigenvalue weighted by Crippen LogP contribution is -2.40. The van der Waals surface area contributed by atoms with Crippen LogP contribution in [0.25, 0.3) is 0 Å². The second-order valence-electron chi connectivity index (χ2n) is 4.72. The Balaban J connectivity index is 0.00000220. The molecule has 1 heterocycles. The molecule has 0 saturated carbocycles. The van der Waals surface area contributed by atoms with Crippen molar-refractivity contribution in [1.29, 1.82) is 0 Å². The zero-order valence-electron chi connectivity index (χ0n) is 11.8. The van der Waals surface area contributed by atoms with Crippen molar-refractivity contribution < 1.29 is 13.2 Å². The molecule has 0 aliphatic carbocycles. The van der Waals surface area contributed by atoms with Crippen LogP contribution in [0.1, 0.15) is 18.4 Å². The Bertz CT molecular complexity index is 586. The molecule has 1 unspecified atom stereocenters. The van der Waals surface area contributed by atoms with Crippen LogP contribution < -0.4 is 15.4 Å². The number of sulfonamides is 1. The van der Waals surface area contributed by atoms with E-state index in [2.05, 4.69) is 15.4 Å². The highest BCUT2D eigenvalue weighted by Crippen LogP contribution is 2.11. The van der Waals surface area contributed by atoms with Crippen molar-refractivity contribution in [1.82, 2.24) is 15.4 Å². The number of carbonyl (C=O) groups excluding carboxylic acids is 1. The summed E-state index contributed by atoms with van der Waals surface area (Å²) in [6, 6.07) is 6.42. The molecule has 1 aromatic rings. The third-order valence-electron chi connectivity index (χ3n) is 3.32. The zero-order chi connectivity index (χ0) is 14.6. The minimum atomic E-state index is -3.45. The molecule has 21 heavy (non-hydrogen) atoms. The summed E-state index contributed by atoms with van der Waals surface area (Å²) < 4.78 is 25.7. The van der Waals surface area contributed by atoms with Crippen LogP contribution in [0.15, 0.2) is 29.2 Å². The van der Waals surface area contributed by atoms with Crippen LogP contribution in [0, 0.1) is 0 Å². The fourth-order valence-electron chi connectivity index (χ4n) is 2.16. The molecule has 8 heteroatoms. The van der Waals surface area contributed by atoms with Crippen LogP contribution >= 0.6 is 12.4 Å². The summed E-state index contributed by atoms with van der Waals surface area (Å²) >= 11 is 0. The molecule has 118 valence electrons. The monoisotopic (exact) mass is 333 g/mol. The van der Waals surface area contributed by atoms with Gasteiger partial charge in [0.25, 0.3) is 0 Å². The quantitative estimate of drug-likeness (QED) is 0.727. The minimum absolute atomic E-state index is 0. The third-order valence-corrected chi connectivity index (χ3v) is 4.73. The average Bonchev–Trinajstić information content (AvgIpc) is 2.99. The lowest BCUT2D eigenvalue weighted by atomic mass is 10.2. The number of hydrogen-bond acceptors (Lipinski definition) is 4. The van der Waals surface area contributed by atoms with Gasteiger partial charge in [-0.15, -0.1) is 12.4 Å². The van der Waals surface area contributed by atoms with Crippen molar-refractivity contribution in [3.8, 4) is 0 Å². The number of hydrogen-bond donors (Lipinski definition) is 3. The van der Waals surface area contributed by atoms with Crippen molar-refractivity contribution in [2.24, 2.45) is 0 Å². The highest BCUT2D eigenvalue weighted by atomic mass is 35.5. The van der Waals surface area contributed by atoms with Crippen LogP contribution in [0.3, 0.4) is 0 Å². The molecule has 2 rings (SSSR count). The van der Waals surface area contributed by atoms with Gasteiger partial charge in [0.05, 0.1) is 10.9 Å². The highest BCUT2D eigenvalue weighted by Gasteiger charge is 2.21. The second-order valence-corrected chi connectivity index (χ2v) is 6.61. The Morgan fingerprint density at radius 1 is 1.43 bits per heavy atom. The van der Waals surface area contributed by atoms with Crippen molar-refractivity contribution >= 4 is 28.3 Å². The molecule has 1 amide bonds. The van der Waals surface area contributed by atoms with E-state index in [-0.39, 0.29) is 29.3 Å². The molecule has 0 spiro atoms. The van der Waals surface area contributed by atoms with E-state index < -0.39 is 10.0 Å². The van der Waals surface area contributed by atoms with Crippen LogP contribution in [0.4, 0.5) is 0 Å². The smallest absolute Gasteiger partial charge is 0.240 e. The lowest BCUT2D eigenvalue weighted by molar-refractivity contribution is -0.122. The van der Waals surface area contributed by atoms with Gasteiger partial charge < -0.3 is 10.6 Å². The van der Waals surface area contributed by atoms with Crippen LogP contribution in [-0.2, 0) is 21.4 Å². The fourth-order valence-corrected chi connectivity index (χ4v) is 2.96. The van der Waals surface area contributed by atoms with Crippen molar-refractivity contribution in [2.45, 2.75) is 30.3 Å². The van der Waals surface area contributed by atoms with Gasteiger partial charge in [-0.1, -0.05) is 12.1 Å². The van der Waals surface area contributed by atoms with Crippen LogP contribution in [-0.4, -0.2) is 34.0 Å². The van der Waals surface area contributed by atoms with Gasteiger partial charge in [-0.3, -0.25) is 4.79 Å². The molecule has 1 fully saturated rings. The maximum Gasteiger partial charge on any atom is 0.240 e. The molecule has 1 aliphatic rings. The van der Waals surface area contributed by atoms with E-state index in [1.54, 1.807) is 18.2 Å². The number of rotatable bonds is 5. The van der Waals surface area contributed by atoms with Crippen molar-refractivity contribution in [2.75, 3.05) is 13.6 Å². The van der Waals surface area contributed by atoms with Crippen LogP contribution in [0.2, 0.25) is 0 Å². The van der Waals surface area contributed by atoms with E-state index in [4.69, 9.17) is 0 Å². The van der Waals surface area contributed by atoms with Gasteiger partial charge in [0.15, 0.2) is 0 Å². The minimum Gasteiger partial charge on any atom is -0.351 e. The number of amides is 1. The molecular formula is C13H20ClN3O3S. The van der Waals surface area contributed by atoms with Gasteiger partial charge in [0, 0.05) is 6.54 Å². The van der Waals surface area contributed by atoms with Crippen LogP contribution in [0.5, 0.6) is 0 Å². The zero-order valence-corrected chi connectivity index (χ0v) is 13.4. The maximum absolute atomic E-state index is 11.9. The summed E-state index contributed by atoms with van der Waals surface area (Å²) in [7, 11) is -2.08. The molecule has 1 aliphatic heterocycles. The van der Waals surface area contributed by atoms with Gasteiger partial charge >= 0.3 is 0 Å². The molecule has 0 aromatic heterocycles. The topological polar surface area (TPSA) is 87.3 Å². The SMILES string of the molecule is CNS(=O)(=O)c1cccc(CNC(=O)C2CCCN2)c1.Cl. The highest BCUT2D eigenvalue weighted by molar-refractivity contribution is 7.89. The first-order valence-electron chi connectivity index (χ1n) is 6.56. The summed E-state index contributed by atoms with van der Waals surface area (Å²) in [5.74, 6) is -0.0376. The molecule has 1 aromatic carbocycles. The Labute approximate surface area is 131 Å². The molecule has 1 saturated heterocycles. The molecule has 6 nitrogen and oxygen atoms in total. The summed E-state index contributed by atoms with van der Waals surface area (Å²) in [5.41, 5.74) is 0.757. The standard InChI is InChI=1S/C13H19N3O3S.ClH/c1-14-20(18,19)11-5-2-4-10(8-11)9-16-13(17)12-6-3-7-15-12;/h2,4-5,8,12,14-15H,3,6-7,9H2,1H3,(H,16,17);1H. The third kappa shape index (κ3) is 4.67. The van der Waals surface area contributed by atoms with E-state index in [0.29, 0.717) is 6.54 Å². The predicted octanol–water partition coefficient (Wildman–Crippen LogP) is 0.385. The fraction of sp³-hybridized carbons (Fsp3) is 0.462. The maximum atomic E-state index is 11.9. The van der Waals surface area contributed by atoms with Gasteiger partial charge in [0.1, 0.15) is 0 Å². The van der Waals surface area contributed by atoms with E-state index >= 15 is 0 Å². The number of benzene rings is 1. The van der Waals surface area contributed by atoms with Gasteiger partial charge in [-0.05, 0) is 44.1 Å². The molecule has 1 atom stereocenters.